The Balaban J connectivity index is 1.71. The van der Waals surface area contributed by atoms with Gasteiger partial charge in [0.05, 0.1) is 0 Å². The lowest BCUT2D eigenvalue weighted by atomic mass is 9.63. The second kappa shape index (κ2) is 5.82. The van der Waals surface area contributed by atoms with Gasteiger partial charge in [-0.25, -0.2) is 0 Å². The van der Waals surface area contributed by atoms with Crippen molar-refractivity contribution >= 4 is 0 Å². The zero-order valence-corrected chi connectivity index (χ0v) is 14.4. The number of nitrogens with two attached hydrogens (primary N) is 1. The molecule has 3 heteroatoms. The molecule has 2 saturated heterocycles. The Morgan fingerprint density at radius 3 is 2.43 bits per heavy atom. The quantitative estimate of drug-likeness (QED) is 0.868. The molecule has 0 spiro atoms. The fraction of sp³-hybridized carbons (Fsp3) is 1.00. The first-order valence-corrected chi connectivity index (χ1v) is 9.13. The maximum Gasteiger partial charge on any atom is 0.0340 e. The van der Waals surface area contributed by atoms with E-state index in [1.165, 1.54) is 64.7 Å². The van der Waals surface area contributed by atoms with Crippen molar-refractivity contribution in [2.45, 2.75) is 70.9 Å². The average molecular weight is 293 g/mol. The Hall–Kier alpha value is -0.120. The van der Waals surface area contributed by atoms with E-state index in [4.69, 9.17) is 5.73 Å². The highest BCUT2D eigenvalue weighted by molar-refractivity contribution is 5.04. The predicted octanol–water partition coefficient (Wildman–Crippen LogP) is 2.70. The molecule has 3 fully saturated rings. The van der Waals surface area contributed by atoms with Gasteiger partial charge in [0.25, 0.3) is 0 Å². The van der Waals surface area contributed by atoms with Crippen LogP contribution >= 0.6 is 0 Å². The predicted molar refractivity (Wildman–Crippen MR) is 89.4 cm³/mol. The van der Waals surface area contributed by atoms with E-state index in [-0.39, 0.29) is 5.54 Å². The average Bonchev–Trinajstić information content (AvgIpc) is 3.07. The third-order valence-corrected chi connectivity index (χ3v) is 6.31. The molecule has 0 bridgehead atoms. The Labute approximate surface area is 131 Å². The van der Waals surface area contributed by atoms with Gasteiger partial charge < -0.3 is 5.73 Å². The molecule has 0 aromatic heterocycles. The Morgan fingerprint density at radius 1 is 1.10 bits per heavy atom. The van der Waals surface area contributed by atoms with E-state index in [1.807, 2.05) is 0 Å². The van der Waals surface area contributed by atoms with Crippen LogP contribution in [0.4, 0.5) is 0 Å². The van der Waals surface area contributed by atoms with Crippen LogP contribution in [0.1, 0.15) is 59.3 Å². The zero-order valence-electron chi connectivity index (χ0n) is 14.4. The second-order valence-corrected chi connectivity index (χ2v) is 8.91. The molecular weight excluding hydrogens is 258 g/mol. The maximum absolute atomic E-state index is 6.35. The first kappa shape index (κ1) is 15.8. The molecule has 2 N–H and O–H groups in total. The summed E-state index contributed by atoms with van der Waals surface area (Å²) in [4.78, 5) is 5.52. The van der Waals surface area contributed by atoms with Gasteiger partial charge in [0.1, 0.15) is 0 Å². The van der Waals surface area contributed by atoms with Crippen molar-refractivity contribution < 1.29 is 0 Å². The fourth-order valence-electron chi connectivity index (χ4n) is 5.80. The molecule has 0 aromatic rings. The standard InChI is InChI=1S/C18H35N3/c1-15-10-17(2,3)13-18(11-15,14-19)21-9-6-16(12-21)20-7-4-5-8-20/h15-16H,4-14,19H2,1-3H3. The number of rotatable bonds is 3. The molecule has 3 rings (SSSR count). The van der Waals surface area contributed by atoms with Gasteiger partial charge in [-0.05, 0) is 62.9 Å². The third kappa shape index (κ3) is 3.16. The molecule has 3 aliphatic rings. The minimum atomic E-state index is 0.273. The van der Waals surface area contributed by atoms with Crippen LogP contribution in [0.2, 0.25) is 0 Å². The van der Waals surface area contributed by atoms with E-state index in [9.17, 15) is 0 Å². The Morgan fingerprint density at radius 2 is 1.81 bits per heavy atom. The summed E-state index contributed by atoms with van der Waals surface area (Å²) in [5.74, 6) is 0.808. The summed E-state index contributed by atoms with van der Waals surface area (Å²) in [5.41, 5.74) is 7.07. The number of likely N-dealkylation sites (tertiary alicyclic amines) is 2. The summed E-state index contributed by atoms with van der Waals surface area (Å²) in [6, 6.07) is 0.802. The van der Waals surface area contributed by atoms with Gasteiger partial charge in [0.15, 0.2) is 0 Å². The van der Waals surface area contributed by atoms with Crippen LogP contribution in [0.3, 0.4) is 0 Å². The molecule has 2 aliphatic heterocycles. The van der Waals surface area contributed by atoms with E-state index < -0.39 is 0 Å². The first-order valence-electron chi connectivity index (χ1n) is 9.13. The third-order valence-electron chi connectivity index (χ3n) is 6.31. The lowest BCUT2D eigenvalue weighted by molar-refractivity contribution is -0.00166. The van der Waals surface area contributed by atoms with Gasteiger partial charge in [-0.2, -0.15) is 0 Å². The fourth-order valence-corrected chi connectivity index (χ4v) is 5.80. The van der Waals surface area contributed by atoms with Gasteiger partial charge in [0.2, 0.25) is 0 Å². The van der Waals surface area contributed by atoms with Crippen molar-refractivity contribution in [3.8, 4) is 0 Å². The van der Waals surface area contributed by atoms with Gasteiger partial charge in [-0.15, -0.1) is 0 Å². The van der Waals surface area contributed by atoms with Crippen molar-refractivity contribution in [3.05, 3.63) is 0 Å². The van der Waals surface area contributed by atoms with E-state index >= 15 is 0 Å². The largest absolute Gasteiger partial charge is 0.329 e. The van der Waals surface area contributed by atoms with E-state index in [0.717, 1.165) is 18.5 Å². The van der Waals surface area contributed by atoms with Crippen LogP contribution in [0.25, 0.3) is 0 Å². The van der Waals surface area contributed by atoms with Gasteiger partial charge in [-0.3, -0.25) is 9.80 Å². The minimum absolute atomic E-state index is 0.273. The molecule has 3 nitrogen and oxygen atoms in total. The summed E-state index contributed by atoms with van der Waals surface area (Å²) in [6.07, 6.45) is 8.12. The van der Waals surface area contributed by atoms with Crippen molar-refractivity contribution in [1.29, 1.82) is 0 Å². The van der Waals surface area contributed by atoms with Crippen molar-refractivity contribution in [3.63, 3.8) is 0 Å². The highest BCUT2D eigenvalue weighted by atomic mass is 15.3. The molecule has 1 saturated carbocycles. The monoisotopic (exact) mass is 293 g/mol. The number of hydrogen-bond acceptors (Lipinski definition) is 3. The van der Waals surface area contributed by atoms with Crippen molar-refractivity contribution in [1.82, 2.24) is 9.80 Å². The summed E-state index contributed by atoms with van der Waals surface area (Å²) in [6.45, 7) is 13.3. The van der Waals surface area contributed by atoms with Crippen LogP contribution in [0.15, 0.2) is 0 Å². The molecule has 3 unspecified atom stereocenters. The van der Waals surface area contributed by atoms with Crippen molar-refractivity contribution in [2.24, 2.45) is 17.1 Å². The number of hydrogen-bond donors (Lipinski definition) is 1. The van der Waals surface area contributed by atoms with E-state index in [0.29, 0.717) is 5.41 Å². The molecular formula is C18H35N3. The molecule has 1 aliphatic carbocycles. The molecule has 0 amide bonds. The Bertz CT molecular complexity index is 361. The van der Waals surface area contributed by atoms with Gasteiger partial charge >= 0.3 is 0 Å². The molecule has 3 atom stereocenters. The molecule has 122 valence electrons. The lowest BCUT2D eigenvalue weighted by Gasteiger charge is -2.52. The Kier molecular flexibility index (Phi) is 4.37. The number of nitrogens with zero attached hydrogens (tertiary/aromatic N) is 2. The normalized spacial score (nSPS) is 41.7. The van der Waals surface area contributed by atoms with E-state index in [1.54, 1.807) is 0 Å². The molecule has 0 radical (unpaired) electrons. The maximum atomic E-state index is 6.35. The van der Waals surface area contributed by atoms with Crippen LogP contribution in [0.5, 0.6) is 0 Å². The summed E-state index contributed by atoms with van der Waals surface area (Å²) >= 11 is 0. The summed E-state index contributed by atoms with van der Waals surface area (Å²) in [7, 11) is 0. The van der Waals surface area contributed by atoms with Gasteiger partial charge in [0, 0.05) is 31.2 Å². The topological polar surface area (TPSA) is 32.5 Å². The van der Waals surface area contributed by atoms with Gasteiger partial charge in [-0.1, -0.05) is 20.8 Å². The van der Waals surface area contributed by atoms with Crippen LogP contribution in [0, 0.1) is 11.3 Å². The molecule has 21 heavy (non-hydrogen) atoms. The van der Waals surface area contributed by atoms with E-state index in [2.05, 4.69) is 30.6 Å². The van der Waals surface area contributed by atoms with Crippen molar-refractivity contribution in [2.75, 3.05) is 32.7 Å². The highest BCUT2D eigenvalue weighted by Crippen LogP contribution is 2.47. The smallest absolute Gasteiger partial charge is 0.0340 e. The molecule has 0 aromatic carbocycles. The summed E-state index contributed by atoms with van der Waals surface area (Å²) in [5, 5.41) is 0. The van der Waals surface area contributed by atoms with Crippen LogP contribution < -0.4 is 5.73 Å². The SMILES string of the molecule is CC1CC(C)(C)CC(CN)(N2CCC(N3CCCC3)C2)C1. The lowest BCUT2D eigenvalue weighted by Crippen LogP contribution is -2.58. The van der Waals surface area contributed by atoms with Crippen LogP contribution in [-0.4, -0.2) is 54.1 Å². The minimum Gasteiger partial charge on any atom is -0.329 e. The highest BCUT2D eigenvalue weighted by Gasteiger charge is 2.48. The molecule has 2 heterocycles. The zero-order chi connectivity index (χ0) is 15.1. The first-order chi connectivity index (χ1) is 9.94. The van der Waals surface area contributed by atoms with Crippen LogP contribution in [-0.2, 0) is 0 Å². The summed E-state index contributed by atoms with van der Waals surface area (Å²) < 4.78 is 0. The second-order valence-electron chi connectivity index (χ2n) is 8.91.